The predicted molar refractivity (Wildman–Crippen MR) is 65.3 cm³/mol. The van der Waals surface area contributed by atoms with Crippen molar-refractivity contribution in [1.82, 2.24) is 5.06 Å². The number of aliphatic hydroxyl groups is 1. The van der Waals surface area contributed by atoms with E-state index in [0.29, 0.717) is 19.4 Å². The zero-order valence-electron chi connectivity index (χ0n) is 10.2. The molecule has 1 heterocycles. The topological polar surface area (TPSA) is 49.8 Å². The van der Waals surface area contributed by atoms with Gasteiger partial charge < -0.3 is 5.11 Å². The van der Waals surface area contributed by atoms with Gasteiger partial charge >= 0.3 is 0 Å². The number of rotatable bonds is 2. The van der Waals surface area contributed by atoms with E-state index in [2.05, 4.69) is 0 Å². The summed E-state index contributed by atoms with van der Waals surface area (Å²) in [5.74, 6) is -0.0454. The van der Waals surface area contributed by atoms with Crippen LogP contribution in [0.1, 0.15) is 30.9 Å². The molecular weight excluding hydrogens is 230 g/mol. The lowest BCUT2D eigenvalue weighted by atomic mass is 9.81. The summed E-state index contributed by atoms with van der Waals surface area (Å²) in [5.41, 5.74) is 1.11. The van der Waals surface area contributed by atoms with Crippen LogP contribution in [0.5, 0.6) is 0 Å². The maximum Gasteiger partial charge on any atom is 0.250 e. The number of hydroxylamine groups is 2. The smallest absolute Gasteiger partial charge is 0.250 e. The Balaban J connectivity index is 1.73. The van der Waals surface area contributed by atoms with Crippen molar-refractivity contribution in [3.8, 4) is 0 Å². The highest BCUT2D eigenvalue weighted by atomic mass is 16.7. The Morgan fingerprint density at radius 2 is 2.00 bits per heavy atom. The van der Waals surface area contributed by atoms with E-state index in [1.807, 2.05) is 30.3 Å². The molecule has 96 valence electrons. The Hall–Kier alpha value is -1.39. The maximum atomic E-state index is 12.2. The van der Waals surface area contributed by atoms with Crippen LogP contribution in [0.2, 0.25) is 0 Å². The van der Waals surface area contributed by atoms with Gasteiger partial charge in [-0.15, -0.1) is 0 Å². The molecule has 1 N–H and O–H groups in total. The summed E-state index contributed by atoms with van der Waals surface area (Å²) in [7, 11) is 0. The number of benzene rings is 1. The van der Waals surface area contributed by atoms with Crippen LogP contribution in [0.25, 0.3) is 0 Å². The highest BCUT2D eigenvalue weighted by molar-refractivity contribution is 5.79. The van der Waals surface area contributed by atoms with Crippen LogP contribution in [0.3, 0.4) is 0 Å². The fourth-order valence-electron chi connectivity index (χ4n) is 2.63. The molecule has 0 bridgehead atoms. The number of amides is 1. The molecule has 1 atom stereocenters. The van der Waals surface area contributed by atoms with E-state index < -0.39 is 0 Å². The standard InChI is InChI=1S/C14H17NO3/c16-12-8-11(9-12)14(17)15-13(6-7-18-15)10-4-2-1-3-5-10/h1-5,11-13,16H,6-9H2/t11?,12?,13-/m0/s1. The lowest BCUT2D eigenvalue weighted by molar-refractivity contribution is -0.187. The maximum absolute atomic E-state index is 12.2. The summed E-state index contributed by atoms with van der Waals surface area (Å²) < 4.78 is 0. The minimum atomic E-state index is -0.309. The Labute approximate surface area is 106 Å². The molecule has 4 heteroatoms. The van der Waals surface area contributed by atoms with Crippen molar-refractivity contribution >= 4 is 5.91 Å². The molecular formula is C14H17NO3. The number of hydrogen-bond donors (Lipinski definition) is 1. The van der Waals surface area contributed by atoms with Gasteiger partial charge in [0.25, 0.3) is 0 Å². The van der Waals surface area contributed by atoms with E-state index in [1.54, 1.807) is 0 Å². The zero-order chi connectivity index (χ0) is 12.5. The van der Waals surface area contributed by atoms with Crippen molar-refractivity contribution < 1.29 is 14.7 Å². The van der Waals surface area contributed by atoms with Crippen LogP contribution in [0.15, 0.2) is 30.3 Å². The minimum Gasteiger partial charge on any atom is -0.393 e. The van der Waals surface area contributed by atoms with E-state index in [0.717, 1.165) is 12.0 Å². The second kappa shape index (κ2) is 4.71. The van der Waals surface area contributed by atoms with Gasteiger partial charge in [-0.25, -0.2) is 5.06 Å². The number of nitrogens with zero attached hydrogens (tertiary/aromatic N) is 1. The fourth-order valence-corrected chi connectivity index (χ4v) is 2.63. The molecule has 2 aliphatic rings. The van der Waals surface area contributed by atoms with Crippen molar-refractivity contribution in [1.29, 1.82) is 0 Å². The molecule has 0 spiro atoms. The molecule has 0 aromatic heterocycles. The summed E-state index contributed by atoms with van der Waals surface area (Å²) in [5, 5.41) is 10.8. The highest BCUT2D eigenvalue weighted by Gasteiger charge is 2.40. The van der Waals surface area contributed by atoms with Crippen LogP contribution >= 0.6 is 0 Å². The Bertz CT molecular complexity index is 428. The van der Waals surface area contributed by atoms with Gasteiger partial charge in [0.15, 0.2) is 0 Å². The van der Waals surface area contributed by atoms with Gasteiger partial charge in [0, 0.05) is 12.3 Å². The molecule has 1 saturated carbocycles. The third-order valence-corrected chi connectivity index (χ3v) is 3.77. The molecule has 1 aliphatic heterocycles. The summed E-state index contributed by atoms with van der Waals surface area (Å²) in [4.78, 5) is 17.7. The predicted octanol–water partition coefficient (Wildman–Crippen LogP) is 1.66. The van der Waals surface area contributed by atoms with Gasteiger partial charge in [-0.05, 0) is 18.4 Å². The van der Waals surface area contributed by atoms with E-state index >= 15 is 0 Å². The normalized spacial score (nSPS) is 31.2. The molecule has 0 radical (unpaired) electrons. The molecule has 2 fully saturated rings. The van der Waals surface area contributed by atoms with Crippen molar-refractivity contribution in [2.45, 2.75) is 31.4 Å². The number of carbonyl (C=O) groups is 1. The average molecular weight is 247 g/mol. The van der Waals surface area contributed by atoms with Crippen molar-refractivity contribution in [3.63, 3.8) is 0 Å². The molecule has 3 rings (SSSR count). The van der Waals surface area contributed by atoms with Crippen LogP contribution in [0.4, 0.5) is 0 Å². The summed E-state index contributed by atoms with van der Waals surface area (Å²) >= 11 is 0. The second-order valence-electron chi connectivity index (χ2n) is 5.03. The molecule has 1 aliphatic carbocycles. The monoisotopic (exact) mass is 247 g/mol. The Kier molecular flexibility index (Phi) is 3.06. The molecule has 1 aromatic rings. The Morgan fingerprint density at radius 3 is 2.67 bits per heavy atom. The molecule has 18 heavy (non-hydrogen) atoms. The average Bonchev–Trinajstić information content (AvgIpc) is 2.84. The first kappa shape index (κ1) is 11.7. The number of hydrogen-bond acceptors (Lipinski definition) is 3. The van der Waals surface area contributed by atoms with Crippen LogP contribution < -0.4 is 0 Å². The van der Waals surface area contributed by atoms with Crippen LogP contribution in [-0.2, 0) is 9.63 Å². The van der Waals surface area contributed by atoms with Gasteiger partial charge in [0.05, 0.1) is 18.8 Å². The van der Waals surface area contributed by atoms with Crippen molar-refractivity contribution in [2.24, 2.45) is 5.92 Å². The highest BCUT2D eigenvalue weighted by Crippen LogP contribution is 2.36. The molecule has 1 aromatic carbocycles. The largest absolute Gasteiger partial charge is 0.393 e. The molecule has 1 saturated heterocycles. The first-order valence-electron chi connectivity index (χ1n) is 6.44. The fraction of sp³-hybridized carbons (Fsp3) is 0.500. The second-order valence-corrected chi connectivity index (χ2v) is 5.03. The van der Waals surface area contributed by atoms with Gasteiger partial charge in [0.1, 0.15) is 0 Å². The molecule has 0 unspecified atom stereocenters. The van der Waals surface area contributed by atoms with E-state index in [9.17, 15) is 9.90 Å². The van der Waals surface area contributed by atoms with E-state index in [4.69, 9.17) is 4.84 Å². The van der Waals surface area contributed by atoms with Gasteiger partial charge in [0.2, 0.25) is 5.91 Å². The minimum absolute atomic E-state index is 0.0200. The van der Waals surface area contributed by atoms with E-state index in [-0.39, 0.29) is 24.0 Å². The van der Waals surface area contributed by atoms with Crippen LogP contribution in [-0.4, -0.2) is 28.8 Å². The van der Waals surface area contributed by atoms with Gasteiger partial charge in [-0.2, -0.15) is 0 Å². The van der Waals surface area contributed by atoms with Crippen molar-refractivity contribution in [3.05, 3.63) is 35.9 Å². The first-order valence-corrected chi connectivity index (χ1v) is 6.44. The lowest BCUT2D eigenvalue weighted by Crippen LogP contribution is -2.42. The lowest BCUT2D eigenvalue weighted by Gasteiger charge is -2.34. The van der Waals surface area contributed by atoms with Crippen LogP contribution in [0, 0.1) is 5.92 Å². The summed E-state index contributed by atoms with van der Waals surface area (Å²) in [6.07, 6.45) is 1.67. The molecule has 4 nitrogen and oxygen atoms in total. The first-order chi connectivity index (χ1) is 8.75. The van der Waals surface area contributed by atoms with Gasteiger partial charge in [-0.3, -0.25) is 9.63 Å². The third kappa shape index (κ3) is 2.02. The quantitative estimate of drug-likeness (QED) is 0.864. The summed E-state index contributed by atoms with van der Waals surface area (Å²) in [6, 6.07) is 9.99. The zero-order valence-corrected chi connectivity index (χ0v) is 10.2. The SMILES string of the molecule is O=C(C1CC(O)C1)N1OCC[C@H]1c1ccccc1. The number of aliphatic hydroxyl groups excluding tert-OH is 1. The van der Waals surface area contributed by atoms with E-state index in [1.165, 1.54) is 5.06 Å². The third-order valence-electron chi connectivity index (χ3n) is 3.77. The van der Waals surface area contributed by atoms with Crippen molar-refractivity contribution in [2.75, 3.05) is 6.61 Å². The Morgan fingerprint density at radius 1 is 1.28 bits per heavy atom. The van der Waals surface area contributed by atoms with Gasteiger partial charge in [-0.1, -0.05) is 30.3 Å². The summed E-state index contributed by atoms with van der Waals surface area (Å²) in [6.45, 7) is 0.584. The molecule has 1 amide bonds. The number of carbonyl (C=O) groups excluding carboxylic acids is 1.